The highest BCUT2D eigenvalue weighted by Crippen LogP contribution is 2.31. The monoisotopic (exact) mass is 458 g/mol. The molecule has 0 saturated heterocycles. The van der Waals surface area contributed by atoms with Gasteiger partial charge in [0.05, 0.1) is 28.8 Å². The first-order valence-corrected chi connectivity index (χ1v) is 10.4. The van der Waals surface area contributed by atoms with Crippen LogP contribution in [0.4, 0.5) is 17.1 Å². The maximum atomic E-state index is 12.7. The van der Waals surface area contributed by atoms with Crippen molar-refractivity contribution in [2.45, 2.75) is 4.90 Å². The zero-order chi connectivity index (χ0) is 23.3. The molecule has 0 aliphatic heterocycles. The molecule has 0 radical (unpaired) electrons. The molecule has 0 atom stereocenters. The van der Waals surface area contributed by atoms with Crippen LogP contribution in [0.3, 0.4) is 0 Å². The van der Waals surface area contributed by atoms with Crippen molar-refractivity contribution in [2.24, 2.45) is 5.10 Å². The van der Waals surface area contributed by atoms with E-state index in [1.54, 1.807) is 18.2 Å². The minimum absolute atomic E-state index is 0.0505. The third-order valence-electron chi connectivity index (χ3n) is 4.23. The van der Waals surface area contributed by atoms with Gasteiger partial charge in [-0.3, -0.25) is 20.3 Å². The molecular formula is C20H18N4O7S. The van der Waals surface area contributed by atoms with Gasteiger partial charge in [0, 0.05) is 6.07 Å². The van der Waals surface area contributed by atoms with Gasteiger partial charge < -0.3 is 14.9 Å². The molecule has 4 N–H and O–H groups in total. The maximum absolute atomic E-state index is 12.7. The van der Waals surface area contributed by atoms with Crippen molar-refractivity contribution in [3.8, 4) is 17.2 Å². The number of nitro benzene ring substituents is 1. The first-order valence-electron chi connectivity index (χ1n) is 8.96. The average molecular weight is 458 g/mol. The number of nitro groups is 1. The summed E-state index contributed by atoms with van der Waals surface area (Å²) in [5.74, 6) is -0.361. The van der Waals surface area contributed by atoms with Crippen LogP contribution in [0.2, 0.25) is 0 Å². The van der Waals surface area contributed by atoms with E-state index in [0.29, 0.717) is 11.3 Å². The van der Waals surface area contributed by atoms with Gasteiger partial charge in [-0.15, -0.1) is 0 Å². The first-order chi connectivity index (χ1) is 15.2. The van der Waals surface area contributed by atoms with E-state index in [0.717, 1.165) is 6.07 Å². The molecule has 166 valence electrons. The Labute approximate surface area is 182 Å². The summed E-state index contributed by atoms with van der Waals surface area (Å²) in [5.41, 5.74) is 2.50. The number of nitrogens with one attached hydrogen (secondary N) is 2. The van der Waals surface area contributed by atoms with E-state index in [9.17, 15) is 28.7 Å². The van der Waals surface area contributed by atoms with Crippen molar-refractivity contribution >= 4 is 33.3 Å². The quantitative estimate of drug-likeness (QED) is 0.173. The third kappa shape index (κ3) is 5.05. The Morgan fingerprint density at radius 3 is 2.47 bits per heavy atom. The normalized spacial score (nSPS) is 11.3. The predicted molar refractivity (Wildman–Crippen MR) is 118 cm³/mol. The van der Waals surface area contributed by atoms with Crippen LogP contribution >= 0.6 is 0 Å². The van der Waals surface area contributed by atoms with Crippen LogP contribution in [0.1, 0.15) is 5.56 Å². The van der Waals surface area contributed by atoms with Crippen LogP contribution in [0.25, 0.3) is 0 Å². The Kier molecular flexibility index (Phi) is 6.45. The molecule has 11 nitrogen and oxygen atoms in total. The molecule has 3 aromatic rings. The fourth-order valence-electron chi connectivity index (χ4n) is 2.65. The average Bonchev–Trinajstić information content (AvgIpc) is 2.76. The van der Waals surface area contributed by atoms with Crippen LogP contribution in [-0.2, 0) is 10.0 Å². The number of hydrogen-bond donors (Lipinski definition) is 4. The van der Waals surface area contributed by atoms with E-state index in [1.807, 2.05) is 0 Å². The topological polar surface area (TPSA) is 163 Å². The van der Waals surface area contributed by atoms with Crippen molar-refractivity contribution in [3.63, 3.8) is 0 Å². The number of nitrogens with zero attached hydrogens (tertiary/aromatic N) is 2. The number of para-hydroxylation sites is 2. The first kappa shape index (κ1) is 22.4. The van der Waals surface area contributed by atoms with E-state index in [-0.39, 0.29) is 27.8 Å². The zero-order valence-corrected chi connectivity index (χ0v) is 17.4. The second-order valence-electron chi connectivity index (χ2n) is 6.36. The molecule has 0 heterocycles. The molecule has 0 aliphatic rings. The van der Waals surface area contributed by atoms with Gasteiger partial charge in [-0.05, 0) is 48.0 Å². The van der Waals surface area contributed by atoms with E-state index in [4.69, 9.17) is 4.74 Å². The lowest BCUT2D eigenvalue weighted by molar-refractivity contribution is -0.384. The van der Waals surface area contributed by atoms with Gasteiger partial charge in [0.25, 0.3) is 15.7 Å². The minimum Gasteiger partial charge on any atom is -0.504 e. The number of anilines is 2. The third-order valence-corrected chi connectivity index (χ3v) is 5.59. The fourth-order valence-corrected chi connectivity index (χ4v) is 3.74. The molecule has 0 spiro atoms. The number of phenols is 2. The number of phenolic OH excluding ortho intramolecular Hbond substituents is 2. The highest BCUT2D eigenvalue weighted by atomic mass is 32.2. The van der Waals surface area contributed by atoms with Crippen LogP contribution < -0.4 is 14.9 Å². The number of ether oxygens (including phenoxy) is 1. The number of aromatic hydroxyl groups is 2. The molecular weight excluding hydrogens is 440 g/mol. The number of sulfonamides is 1. The fraction of sp³-hybridized carbons (Fsp3) is 0.0500. The summed E-state index contributed by atoms with van der Waals surface area (Å²) >= 11 is 0. The van der Waals surface area contributed by atoms with E-state index in [2.05, 4.69) is 15.2 Å². The molecule has 0 fully saturated rings. The number of benzene rings is 3. The van der Waals surface area contributed by atoms with E-state index >= 15 is 0 Å². The van der Waals surface area contributed by atoms with Crippen LogP contribution in [-0.4, -0.2) is 36.9 Å². The predicted octanol–water partition coefficient (Wildman–Crippen LogP) is 3.26. The van der Waals surface area contributed by atoms with Gasteiger partial charge in [0.15, 0.2) is 11.5 Å². The molecule has 3 aromatic carbocycles. The highest BCUT2D eigenvalue weighted by Gasteiger charge is 2.22. The molecule has 3 rings (SSSR count). The number of hydrazone groups is 1. The minimum atomic E-state index is -4.14. The van der Waals surface area contributed by atoms with Crippen LogP contribution in [0, 0.1) is 10.1 Å². The lowest BCUT2D eigenvalue weighted by Crippen LogP contribution is -2.14. The maximum Gasteiger partial charge on any atom is 0.295 e. The summed E-state index contributed by atoms with van der Waals surface area (Å²) in [7, 11) is -2.76. The van der Waals surface area contributed by atoms with Gasteiger partial charge in [-0.25, -0.2) is 8.42 Å². The Morgan fingerprint density at radius 1 is 1.03 bits per heavy atom. The van der Waals surface area contributed by atoms with Gasteiger partial charge >= 0.3 is 0 Å². The summed E-state index contributed by atoms with van der Waals surface area (Å²) < 4.78 is 32.9. The summed E-state index contributed by atoms with van der Waals surface area (Å²) in [5, 5.41) is 34.1. The summed E-state index contributed by atoms with van der Waals surface area (Å²) in [4.78, 5) is 10.4. The van der Waals surface area contributed by atoms with E-state index in [1.165, 1.54) is 49.7 Å². The summed E-state index contributed by atoms with van der Waals surface area (Å²) in [6.07, 6.45) is 1.26. The summed E-state index contributed by atoms with van der Waals surface area (Å²) in [6, 6.07) is 13.6. The smallest absolute Gasteiger partial charge is 0.295 e. The Balaban J connectivity index is 1.86. The Bertz CT molecular complexity index is 1290. The highest BCUT2D eigenvalue weighted by molar-refractivity contribution is 7.92. The molecule has 0 saturated carbocycles. The lowest BCUT2D eigenvalue weighted by atomic mass is 10.2. The van der Waals surface area contributed by atoms with Crippen LogP contribution in [0.15, 0.2) is 70.7 Å². The molecule has 0 bridgehead atoms. The molecule has 0 aromatic heterocycles. The molecule has 32 heavy (non-hydrogen) atoms. The van der Waals surface area contributed by atoms with Crippen molar-refractivity contribution in [1.82, 2.24) is 0 Å². The SMILES string of the molecule is COc1ccccc1NS(=O)(=O)c1ccc(N/N=C/c2ccc(O)c(O)c2)c([N+](=O)[O-])c1. The van der Waals surface area contributed by atoms with Gasteiger partial charge in [0.1, 0.15) is 11.4 Å². The van der Waals surface area contributed by atoms with Gasteiger partial charge in [-0.2, -0.15) is 5.10 Å². The lowest BCUT2D eigenvalue weighted by Gasteiger charge is -2.12. The molecule has 12 heteroatoms. The van der Waals surface area contributed by atoms with Gasteiger partial charge in [0.2, 0.25) is 0 Å². The van der Waals surface area contributed by atoms with Crippen LogP contribution in [0.5, 0.6) is 17.2 Å². The summed E-state index contributed by atoms with van der Waals surface area (Å²) in [6.45, 7) is 0. The Morgan fingerprint density at radius 2 is 1.78 bits per heavy atom. The number of rotatable bonds is 8. The van der Waals surface area contributed by atoms with Crippen molar-refractivity contribution < 1.29 is 28.3 Å². The molecule has 0 amide bonds. The second-order valence-corrected chi connectivity index (χ2v) is 8.04. The van der Waals surface area contributed by atoms with Crippen molar-refractivity contribution in [3.05, 3.63) is 76.3 Å². The standard InChI is InChI=1S/C20H18N4O7S/c1-31-20-5-3-2-4-16(20)23-32(29,30)14-7-8-15(17(11-14)24(27)28)22-21-12-13-6-9-18(25)19(26)10-13/h2-12,22-23,25-26H,1H3/b21-12+. The molecule has 0 unspecified atom stereocenters. The molecule has 0 aliphatic carbocycles. The number of hydrogen-bond acceptors (Lipinski definition) is 9. The Hall–Kier alpha value is -4.32. The largest absolute Gasteiger partial charge is 0.504 e. The van der Waals surface area contributed by atoms with Gasteiger partial charge in [-0.1, -0.05) is 12.1 Å². The van der Waals surface area contributed by atoms with E-state index < -0.39 is 20.6 Å². The zero-order valence-electron chi connectivity index (χ0n) is 16.6. The van der Waals surface area contributed by atoms with Crippen molar-refractivity contribution in [1.29, 1.82) is 0 Å². The number of methoxy groups -OCH3 is 1. The second kappa shape index (κ2) is 9.22. The van der Waals surface area contributed by atoms with Crippen molar-refractivity contribution in [2.75, 3.05) is 17.3 Å².